The number of rotatable bonds is 6. The topological polar surface area (TPSA) is 61.6 Å². The van der Waals surface area contributed by atoms with Crippen molar-refractivity contribution in [3.05, 3.63) is 18.0 Å². The van der Waals surface area contributed by atoms with Crippen LogP contribution in [0.5, 0.6) is 0 Å². The Morgan fingerprint density at radius 3 is 2.76 bits per heavy atom. The van der Waals surface area contributed by atoms with Crippen molar-refractivity contribution in [2.75, 3.05) is 26.2 Å². The molecule has 6 heteroatoms. The lowest BCUT2D eigenvalue weighted by Crippen LogP contribution is -2.59. The van der Waals surface area contributed by atoms with E-state index < -0.39 is 5.97 Å². The average molecular weight is 292 g/mol. The van der Waals surface area contributed by atoms with Gasteiger partial charge in [-0.2, -0.15) is 5.10 Å². The number of piperidine rings is 1. The van der Waals surface area contributed by atoms with Crippen LogP contribution in [0.15, 0.2) is 12.4 Å². The van der Waals surface area contributed by atoms with Gasteiger partial charge in [-0.05, 0) is 25.9 Å². The molecule has 1 aromatic heterocycles. The molecule has 2 aliphatic rings. The molecule has 1 N–H and O–H groups in total. The van der Waals surface area contributed by atoms with E-state index in [1.165, 1.54) is 37.9 Å². The highest BCUT2D eigenvalue weighted by Gasteiger charge is 2.32. The van der Waals surface area contributed by atoms with Crippen LogP contribution in [0.4, 0.5) is 0 Å². The van der Waals surface area contributed by atoms with Gasteiger partial charge in [0.2, 0.25) is 0 Å². The predicted octanol–water partition coefficient (Wildman–Crippen LogP) is 1.03. The van der Waals surface area contributed by atoms with Crippen LogP contribution in [0.25, 0.3) is 0 Å². The minimum absolute atomic E-state index is 0.127. The normalized spacial score (nSPS) is 21.3. The molecule has 0 radical (unpaired) electrons. The van der Waals surface area contributed by atoms with Gasteiger partial charge >= 0.3 is 5.97 Å². The van der Waals surface area contributed by atoms with Crippen LogP contribution >= 0.6 is 0 Å². The molecule has 0 spiro atoms. The van der Waals surface area contributed by atoms with Gasteiger partial charge in [-0.3, -0.25) is 19.3 Å². The van der Waals surface area contributed by atoms with Crippen LogP contribution in [-0.4, -0.2) is 62.9 Å². The van der Waals surface area contributed by atoms with E-state index in [0.29, 0.717) is 6.54 Å². The van der Waals surface area contributed by atoms with Crippen LogP contribution in [-0.2, 0) is 17.9 Å². The monoisotopic (exact) mass is 292 g/mol. The molecule has 2 aliphatic heterocycles. The third kappa shape index (κ3) is 3.83. The molecule has 116 valence electrons. The molecule has 0 amide bonds. The predicted molar refractivity (Wildman–Crippen MR) is 79.0 cm³/mol. The quantitative estimate of drug-likeness (QED) is 0.848. The number of carboxylic acid groups (broad SMARTS) is 1. The molecule has 3 rings (SSSR count). The van der Waals surface area contributed by atoms with Gasteiger partial charge in [-0.15, -0.1) is 0 Å². The maximum Gasteiger partial charge on any atom is 0.305 e. The molecule has 0 aromatic carbocycles. The Morgan fingerprint density at radius 2 is 2.05 bits per heavy atom. The fraction of sp³-hybridized carbons (Fsp3) is 0.733. The zero-order valence-corrected chi connectivity index (χ0v) is 12.4. The fourth-order valence-electron chi connectivity index (χ4n) is 3.26. The van der Waals surface area contributed by atoms with Crippen molar-refractivity contribution in [2.45, 2.75) is 44.8 Å². The molecule has 0 unspecified atom stereocenters. The summed E-state index contributed by atoms with van der Waals surface area (Å²) in [5, 5.41) is 12.9. The van der Waals surface area contributed by atoms with Crippen LogP contribution in [0.2, 0.25) is 0 Å². The Labute approximate surface area is 125 Å². The highest BCUT2D eigenvalue weighted by Crippen LogP contribution is 2.21. The van der Waals surface area contributed by atoms with Gasteiger partial charge in [0.1, 0.15) is 0 Å². The maximum absolute atomic E-state index is 10.5. The lowest BCUT2D eigenvalue weighted by Gasteiger charge is -2.46. The molecule has 0 bridgehead atoms. The SMILES string of the molecule is O=C(O)CCn1cc(CN2CC(N3CCCCC3)C2)cn1. The van der Waals surface area contributed by atoms with E-state index in [-0.39, 0.29) is 6.42 Å². The zero-order valence-electron chi connectivity index (χ0n) is 12.4. The van der Waals surface area contributed by atoms with Crippen molar-refractivity contribution in [3.63, 3.8) is 0 Å². The summed E-state index contributed by atoms with van der Waals surface area (Å²) < 4.78 is 1.73. The third-order valence-corrected chi connectivity index (χ3v) is 4.49. The Morgan fingerprint density at radius 1 is 1.29 bits per heavy atom. The molecular formula is C15H24N4O2. The van der Waals surface area contributed by atoms with Crippen LogP contribution in [0.1, 0.15) is 31.2 Å². The first kappa shape index (κ1) is 14.5. The van der Waals surface area contributed by atoms with E-state index in [2.05, 4.69) is 14.9 Å². The lowest BCUT2D eigenvalue weighted by molar-refractivity contribution is -0.137. The minimum Gasteiger partial charge on any atom is -0.481 e. The first-order chi connectivity index (χ1) is 10.2. The first-order valence-electron chi connectivity index (χ1n) is 7.90. The fourth-order valence-corrected chi connectivity index (χ4v) is 3.26. The Kier molecular flexibility index (Phi) is 4.55. The number of hydrogen-bond donors (Lipinski definition) is 1. The van der Waals surface area contributed by atoms with E-state index in [1.807, 2.05) is 12.4 Å². The van der Waals surface area contributed by atoms with Gasteiger partial charge in [-0.25, -0.2) is 0 Å². The minimum atomic E-state index is -0.779. The van der Waals surface area contributed by atoms with Crippen molar-refractivity contribution in [3.8, 4) is 0 Å². The van der Waals surface area contributed by atoms with Crippen LogP contribution in [0.3, 0.4) is 0 Å². The molecule has 0 aliphatic carbocycles. The summed E-state index contributed by atoms with van der Waals surface area (Å²) >= 11 is 0. The molecule has 2 fully saturated rings. The number of carboxylic acids is 1. The van der Waals surface area contributed by atoms with Gasteiger partial charge < -0.3 is 5.11 Å². The first-order valence-corrected chi connectivity index (χ1v) is 7.90. The summed E-state index contributed by atoms with van der Waals surface area (Å²) in [6.07, 6.45) is 8.05. The number of aromatic nitrogens is 2. The van der Waals surface area contributed by atoms with Crippen molar-refractivity contribution in [1.29, 1.82) is 0 Å². The van der Waals surface area contributed by atoms with Gasteiger partial charge in [0.25, 0.3) is 0 Å². The number of likely N-dealkylation sites (tertiary alicyclic amines) is 2. The molecule has 1 aromatic rings. The molecule has 0 atom stereocenters. The molecule has 3 heterocycles. The second kappa shape index (κ2) is 6.58. The van der Waals surface area contributed by atoms with E-state index in [9.17, 15) is 4.79 Å². The van der Waals surface area contributed by atoms with E-state index in [1.54, 1.807) is 4.68 Å². The highest BCUT2D eigenvalue weighted by molar-refractivity contribution is 5.66. The number of hydrogen-bond acceptors (Lipinski definition) is 4. The van der Waals surface area contributed by atoms with E-state index in [0.717, 1.165) is 25.7 Å². The van der Waals surface area contributed by atoms with Gasteiger partial charge in [0.05, 0.1) is 19.2 Å². The van der Waals surface area contributed by atoms with Gasteiger partial charge in [0.15, 0.2) is 0 Å². The summed E-state index contributed by atoms with van der Waals surface area (Å²) in [5.74, 6) is -0.779. The number of aryl methyl sites for hydroxylation is 1. The van der Waals surface area contributed by atoms with E-state index >= 15 is 0 Å². The standard InChI is InChI=1S/C15H24N4O2/c20-15(21)4-7-19-10-13(8-16-19)9-17-11-14(12-17)18-5-2-1-3-6-18/h8,10,14H,1-7,9,11-12H2,(H,20,21). The van der Waals surface area contributed by atoms with Crippen molar-refractivity contribution in [1.82, 2.24) is 19.6 Å². The molecule has 0 saturated carbocycles. The van der Waals surface area contributed by atoms with Crippen molar-refractivity contribution >= 4 is 5.97 Å². The van der Waals surface area contributed by atoms with Crippen LogP contribution in [0, 0.1) is 0 Å². The van der Waals surface area contributed by atoms with E-state index in [4.69, 9.17) is 5.11 Å². The average Bonchev–Trinajstić information content (AvgIpc) is 2.89. The number of aliphatic carboxylic acids is 1. The molecule has 6 nitrogen and oxygen atoms in total. The largest absolute Gasteiger partial charge is 0.481 e. The summed E-state index contributed by atoms with van der Waals surface area (Å²) in [6.45, 7) is 6.22. The summed E-state index contributed by atoms with van der Waals surface area (Å²) in [5.41, 5.74) is 1.18. The van der Waals surface area contributed by atoms with Gasteiger partial charge in [0, 0.05) is 37.4 Å². The van der Waals surface area contributed by atoms with Crippen molar-refractivity contribution in [2.24, 2.45) is 0 Å². The second-order valence-electron chi connectivity index (χ2n) is 6.20. The zero-order chi connectivity index (χ0) is 14.7. The summed E-state index contributed by atoms with van der Waals surface area (Å²) in [6, 6.07) is 0.743. The van der Waals surface area contributed by atoms with Gasteiger partial charge in [-0.1, -0.05) is 6.42 Å². The maximum atomic E-state index is 10.5. The number of carbonyl (C=O) groups is 1. The second-order valence-corrected chi connectivity index (χ2v) is 6.20. The number of nitrogens with zero attached hydrogens (tertiary/aromatic N) is 4. The molecule has 21 heavy (non-hydrogen) atoms. The summed E-state index contributed by atoms with van der Waals surface area (Å²) in [7, 11) is 0. The Bertz CT molecular complexity index is 476. The highest BCUT2D eigenvalue weighted by atomic mass is 16.4. The smallest absolute Gasteiger partial charge is 0.305 e. The van der Waals surface area contributed by atoms with Crippen molar-refractivity contribution < 1.29 is 9.90 Å². The summed E-state index contributed by atoms with van der Waals surface area (Å²) in [4.78, 5) is 15.6. The third-order valence-electron chi connectivity index (χ3n) is 4.49. The molecular weight excluding hydrogens is 268 g/mol. The Balaban J connectivity index is 1.41. The lowest BCUT2D eigenvalue weighted by atomic mass is 10.0. The Hall–Kier alpha value is -1.40. The van der Waals surface area contributed by atoms with Crippen LogP contribution < -0.4 is 0 Å². The molecule has 2 saturated heterocycles.